The van der Waals surface area contributed by atoms with Crippen LogP contribution in [0.2, 0.25) is 5.02 Å². The van der Waals surface area contributed by atoms with Crippen molar-refractivity contribution in [2.75, 3.05) is 27.2 Å². The molecule has 2 aliphatic carbocycles. The highest BCUT2D eigenvalue weighted by atomic mass is 35.5. The average Bonchev–Trinajstić information content (AvgIpc) is 3.04. The van der Waals surface area contributed by atoms with E-state index in [1.165, 1.54) is 19.3 Å². The van der Waals surface area contributed by atoms with E-state index in [1.807, 2.05) is 73.6 Å². The van der Waals surface area contributed by atoms with Gasteiger partial charge in [0, 0.05) is 50.3 Å². The summed E-state index contributed by atoms with van der Waals surface area (Å²) in [5, 5.41) is 15.8. The van der Waals surface area contributed by atoms with E-state index >= 15 is 0 Å². The summed E-state index contributed by atoms with van der Waals surface area (Å²) in [7, 11) is 3.70. The molecule has 2 N–H and O–H groups in total. The molecule has 0 aromatic heterocycles. The SMILES string of the molecule is CC1CN(C(=O)[C@@H](Cc2ccc(Cl)cc2)N[C@H]2CC[C@](O)(c3ccccc3)CC2)CCC1N(C(=O)N(C)C)C1CCCCC1.Cl. The van der Waals surface area contributed by atoms with Gasteiger partial charge in [0.1, 0.15) is 0 Å². The maximum atomic E-state index is 14.3. The molecule has 2 aromatic carbocycles. The van der Waals surface area contributed by atoms with E-state index in [-0.39, 0.29) is 54.4 Å². The lowest BCUT2D eigenvalue weighted by Gasteiger charge is -2.48. The number of aliphatic hydroxyl groups is 1. The summed E-state index contributed by atoms with van der Waals surface area (Å²) in [6.45, 7) is 3.50. The summed E-state index contributed by atoms with van der Waals surface area (Å²) in [5.74, 6) is 0.308. The van der Waals surface area contributed by atoms with Crippen LogP contribution in [0.5, 0.6) is 0 Å². The van der Waals surface area contributed by atoms with Gasteiger partial charge in [-0.25, -0.2) is 4.79 Å². The normalized spacial score (nSPS) is 26.4. The number of amides is 3. The number of carbonyl (C=O) groups is 2. The first-order valence-electron chi connectivity index (χ1n) is 16.7. The zero-order valence-electron chi connectivity index (χ0n) is 27.2. The van der Waals surface area contributed by atoms with Crippen LogP contribution in [-0.2, 0) is 16.8 Å². The minimum absolute atomic E-state index is 0. The zero-order valence-corrected chi connectivity index (χ0v) is 28.7. The van der Waals surface area contributed by atoms with Crippen molar-refractivity contribution < 1.29 is 14.7 Å². The number of halogens is 2. The Morgan fingerprint density at radius 3 is 2.22 bits per heavy atom. The van der Waals surface area contributed by atoms with Crippen molar-refractivity contribution in [3.05, 3.63) is 70.7 Å². The summed E-state index contributed by atoms with van der Waals surface area (Å²) in [5.41, 5.74) is 1.22. The van der Waals surface area contributed by atoms with Crippen LogP contribution < -0.4 is 5.32 Å². The van der Waals surface area contributed by atoms with Gasteiger partial charge in [-0.1, -0.05) is 80.3 Å². The minimum Gasteiger partial charge on any atom is -0.385 e. The molecule has 9 heteroatoms. The number of benzene rings is 2. The van der Waals surface area contributed by atoms with E-state index in [9.17, 15) is 14.7 Å². The largest absolute Gasteiger partial charge is 0.385 e. The molecule has 1 heterocycles. The summed E-state index contributed by atoms with van der Waals surface area (Å²) in [4.78, 5) is 33.6. The van der Waals surface area contributed by atoms with Gasteiger partial charge < -0.3 is 25.1 Å². The number of urea groups is 1. The van der Waals surface area contributed by atoms with Gasteiger partial charge in [0.2, 0.25) is 5.91 Å². The van der Waals surface area contributed by atoms with Crippen molar-refractivity contribution in [1.82, 2.24) is 20.0 Å². The highest BCUT2D eigenvalue weighted by molar-refractivity contribution is 6.30. The molecule has 3 amide bonds. The van der Waals surface area contributed by atoms with E-state index in [2.05, 4.69) is 17.1 Å². The highest BCUT2D eigenvalue weighted by Crippen LogP contribution is 2.37. The summed E-state index contributed by atoms with van der Waals surface area (Å²) >= 11 is 6.17. The molecule has 3 fully saturated rings. The van der Waals surface area contributed by atoms with Gasteiger partial charge in [-0.2, -0.15) is 0 Å². The molecule has 2 aromatic rings. The fourth-order valence-corrected chi connectivity index (χ4v) is 7.91. The van der Waals surface area contributed by atoms with Crippen molar-refractivity contribution in [2.45, 2.75) is 107 Å². The van der Waals surface area contributed by atoms with Crippen LogP contribution >= 0.6 is 24.0 Å². The number of nitrogens with zero attached hydrogens (tertiary/aromatic N) is 3. The quantitative estimate of drug-likeness (QED) is 0.333. The summed E-state index contributed by atoms with van der Waals surface area (Å²) in [6, 6.07) is 18.0. The van der Waals surface area contributed by atoms with Crippen molar-refractivity contribution in [1.29, 1.82) is 0 Å². The molecular weight excluding hydrogens is 607 g/mol. The van der Waals surface area contributed by atoms with Gasteiger partial charge in [-0.05, 0) is 80.5 Å². The van der Waals surface area contributed by atoms with Crippen LogP contribution in [0.15, 0.2) is 54.6 Å². The first-order valence-corrected chi connectivity index (χ1v) is 17.1. The van der Waals surface area contributed by atoms with Crippen molar-refractivity contribution in [2.24, 2.45) is 5.92 Å². The predicted octanol–water partition coefficient (Wildman–Crippen LogP) is 6.65. The summed E-state index contributed by atoms with van der Waals surface area (Å²) in [6.07, 6.45) is 10.0. The Labute approximate surface area is 281 Å². The number of hydrogen-bond acceptors (Lipinski definition) is 4. The Balaban J connectivity index is 0.00000461. The fraction of sp³-hybridized carbons (Fsp3) is 0.611. The zero-order chi connectivity index (χ0) is 31.3. The standard InChI is InChI=1S/C36H51ClN4O3.ClH/c1-26-25-40(23-20-33(26)41(35(43)39(2)3)31-12-8-5-9-13-31)34(42)32(24-27-14-16-29(37)17-15-27)38-30-18-21-36(44,22-19-30)28-10-6-4-7-11-28;/h4,6-7,10-11,14-17,26,30-33,38,44H,5,8-9,12-13,18-25H2,1-3H3;1H/t26?,30-,32-,33?,36+;/m1./s1. The molecule has 5 rings (SSSR count). The summed E-state index contributed by atoms with van der Waals surface area (Å²) < 4.78 is 0. The molecule has 0 radical (unpaired) electrons. The lowest BCUT2D eigenvalue weighted by atomic mass is 9.77. The smallest absolute Gasteiger partial charge is 0.319 e. The molecule has 7 nitrogen and oxygen atoms in total. The number of rotatable bonds is 8. The van der Waals surface area contributed by atoms with Gasteiger partial charge in [0.05, 0.1) is 11.6 Å². The van der Waals surface area contributed by atoms with E-state index in [4.69, 9.17) is 11.6 Å². The number of carbonyl (C=O) groups excluding carboxylic acids is 2. The maximum absolute atomic E-state index is 14.3. The molecule has 1 aliphatic heterocycles. The number of nitrogens with one attached hydrogen (secondary N) is 1. The molecule has 3 aliphatic rings. The first-order chi connectivity index (χ1) is 21.1. The van der Waals surface area contributed by atoms with E-state index in [0.29, 0.717) is 37.4 Å². The number of hydrogen-bond donors (Lipinski definition) is 2. The van der Waals surface area contributed by atoms with Crippen LogP contribution in [0, 0.1) is 5.92 Å². The first kappa shape index (κ1) is 35.5. The third-order valence-electron chi connectivity index (χ3n) is 10.3. The Kier molecular flexibility index (Phi) is 12.6. The second-order valence-electron chi connectivity index (χ2n) is 13.7. The van der Waals surface area contributed by atoms with Gasteiger partial charge in [0.15, 0.2) is 0 Å². The van der Waals surface area contributed by atoms with Gasteiger partial charge in [-0.15, -0.1) is 12.4 Å². The average molecular weight is 660 g/mol. The Morgan fingerprint density at radius 1 is 0.978 bits per heavy atom. The molecule has 0 bridgehead atoms. The topological polar surface area (TPSA) is 76.1 Å². The van der Waals surface area contributed by atoms with Gasteiger partial charge >= 0.3 is 6.03 Å². The van der Waals surface area contributed by atoms with Crippen LogP contribution in [0.4, 0.5) is 4.79 Å². The molecule has 2 saturated carbocycles. The van der Waals surface area contributed by atoms with Crippen LogP contribution in [-0.4, -0.2) is 83.1 Å². The predicted molar refractivity (Wildman–Crippen MR) is 184 cm³/mol. The molecule has 3 atom stereocenters. The van der Waals surface area contributed by atoms with Crippen LogP contribution in [0.1, 0.15) is 82.3 Å². The van der Waals surface area contributed by atoms with Crippen LogP contribution in [0.25, 0.3) is 0 Å². The highest BCUT2D eigenvalue weighted by Gasteiger charge is 2.41. The minimum atomic E-state index is -0.819. The molecule has 2 unspecified atom stereocenters. The Bertz CT molecular complexity index is 1230. The van der Waals surface area contributed by atoms with Crippen LogP contribution in [0.3, 0.4) is 0 Å². The maximum Gasteiger partial charge on any atom is 0.319 e. The third-order valence-corrected chi connectivity index (χ3v) is 10.6. The number of likely N-dealkylation sites (tertiary alicyclic amines) is 1. The monoisotopic (exact) mass is 658 g/mol. The lowest BCUT2D eigenvalue weighted by molar-refractivity contribution is -0.136. The third kappa shape index (κ3) is 8.73. The molecule has 0 spiro atoms. The fourth-order valence-electron chi connectivity index (χ4n) is 7.78. The molecule has 45 heavy (non-hydrogen) atoms. The van der Waals surface area contributed by atoms with Gasteiger partial charge in [0.25, 0.3) is 0 Å². The number of piperidine rings is 1. The molecular formula is C36H52Cl2N4O3. The second kappa shape index (κ2) is 16.0. The van der Waals surface area contributed by atoms with Crippen molar-refractivity contribution >= 4 is 35.9 Å². The Morgan fingerprint density at radius 2 is 1.62 bits per heavy atom. The Hall–Kier alpha value is -2.32. The molecule has 1 saturated heterocycles. The van der Waals surface area contributed by atoms with Gasteiger partial charge in [-0.3, -0.25) is 4.79 Å². The second-order valence-corrected chi connectivity index (χ2v) is 14.2. The van der Waals surface area contributed by atoms with Crippen molar-refractivity contribution in [3.8, 4) is 0 Å². The van der Waals surface area contributed by atoms with E-state index in [1.54, 1.807) is 4.90 Å². The van der Waals surface area contributed by atoms with E-state index in [0.717, 1.165) is 43.2 Å². The molecule has 248 valence electrons. The van der Waals surface area contributed by atoms with Crippen molar-refractivity contribution in [3.63, 3.8) is 0 Å². The lowest BCUT2D eigenvalue weighted by Crippen LogP contribution is -2.60. The van der Waals surface area contributed by atoms with E-state index < -0.39 is 5.60 Å².